The molecule has 0 aliphatic carbocycles. The van der Waals surface area contributed by atoms with Gasteiger partial charge in [-0.1, -0.05) is 45.7 Å². The van der Waals surface area contributed by atoms with E-state index in [9.17, 15) is 10.1 Å². The zero-order chi connectivity index (χ0) is 15.7. The molecule has 0 N–H and O–H groups in total. The molecule has 1 aromatic rings. The van der Waals surface area contributed by atoms with Crippen molar-refractivity contribution in [3.63, 3.8) is 0 Å². The lowest BCUT2D eigenvalue weighted by Crippen LogP contribution is -2.02. The first-order chi connectivity index (χ1) is 10.0. The van der Waals surface area contributed by atoms with Crippen molar-refractivity contribution in [2.75, 3.05) is 6.61 Å². The standard InChI is InChI=1S/C17H25NO3/c1-4-5-6-11-21-17-9-7-15(8-10-17)13-16(18(19)20)12-14(2)3/h7-10,13-14H,4-6,11-12H2,1-3H3. The Kier molecular flexibility index (Phi) is 7.51. The number of nitro groups is 1. The zero-order valence-corrected chi connectivity index (χ0v) is 13.2. The van der Waals surface area contributed by atoms with E-state index in [1.54, 1.807) is 6.08 Å². The molecule has 0 radical (unpaired) electrons. The van der Waals surface area contributed by atoms with Crippen LogP contribution in [-0.4, -0.2) is 11.5 Å². The van der Waals surface area contributed by atoms with Gasteiger partial charge in [0.05, 0.1) is 11.5 Å². The molecule has 0 fully saturated rings. The SMILES string of the molecule is CCCCCOc1ccc(C=C(CC(C)C)[N+](=O)[O-])cc1. The average Bonchev–Trinajstić information content (AvgIpc) is 2.44. The molecule has 0 aliphatic rings. The van der Waals surface area contributed by atoms with Crippen molar-refractivity contribution in [3.8, 4) is 5.75 Å². The van der Waals surface area contributed by atoms with Gasteiger partial charge in [0, 0.05) is 12.5 Å². The third kappa shape index (κ3) is 6.93. The smallest absolute Gasteiger partial charge is 0.247 e. The predicted molar refractivity (Wildman–Crippen MR) is 85.9 cm³/mol. The molecule has 116 valence electrons. The molecule has 0 atom stereocenters. The zero-order valence-electron chi connectivity index (χ0n) is 13.2. The number of hydrogen-bond acceptors (Lipinski definition) is 3. The number of unbranched alkanes of at least 4 members (excludes halogenated alkanes) is 2. The number of rotatable bonds is 9. The second-order valence-corrected chi connectivity index (χ2v) is 5.62. The van der Waals surface area contributed by atoms with Gasteiger partial charge in [-0.15, -0.1) is 0 Å². The summed E-state index contributed by atoms with van der Waals surface area (Å²) in [6, 6.07) is 7.45. The minimum atomic E-state index is -0.296. The molecule has 0 aromatic heterocycles. The fourth-order valence-electron chi connectivity index (χ4n) is 2.00. The van der Waals surface area contributed by atoms with Crippen LogP contribution in [0.5, 0.6) is 5.75 Å². The van der Waals surface area contributed by atoms with Crippen LogP contribution < -0.4 is 4.74 Å². The fraction of sp³-hybridized carbons (Fsp3) is 0.529. The molecular weight excluding hydrogens is 266 g/mol. The molecule has 0 amide bonds. The van der Waals surface area contributed by atoms with Crippen LogP contribution >= 0.6 is 0 Å². The molecule has 0 spiro atoms. The predicted octanol–water partition coefficient (Wildman–Crippen LogP) is 4.92. The first kappa shape index (κ1) is 17.2. The van der Waals surface area contributed by atoms with Gasteiger partial charge in [0.25, 0.3) is 0 Å². The van der Waals surface area contributed by atoms with E-state index in [0.717, 1.165) is 24.3 Å². The van der Waals surface area contributed by atoms with Gasteiger partial charge in [-0.05, 0) is 30.0 Å². The molecule has 4 nitrogen and oxygen atoms in total. The maximum absolute atomic E-state index is 11.0. The monoisotopic (exact) mass is 291 g/mol. The summed E-state index contributed by atoms with van der Waals surface area (Å²) in [6.45, 7) is 6.83. The van der Waals surface area contributed by atoms with E-state index in [2.05, 4.69) is 6.92 Å². The molecule has 4 heteroatoms. The Morgan fingerprint density at radius 2 is 1.95 bits per heavy atom. The van der Waals surface area contributed by atoms with Gasteiger partial charge in [0.1, 0.15) is 5.75 Å². The minimum Gasteiger partial charge on any atom is -0.494 e. The molecule has 1 rings (SSSR count). The summed E-state index contributed by atoms with van der Waals surface area (Å²) in [5.74, 6) is 1.08. The maximum Gasteiger partial charge on any atom is 0.247 e. The second-order valence-electron chi connectivity index (χ2n) is 5.62. The van der Waals surface area contributed by atoms with E-state index in [0.29, 0.717) is 6.42 Å². The second kappa shape index (κ2) is 9.16. The van der Waals surface area contributed by atoms with Crippen molar-refractivity contribution >= 4 is 6.08 Å². The number of ether oxygens (including phenoxy) is 1. The van der Waals surface area contributed by atoms with Gasteiger partial charge in [-0.25, -0.2) is 0 Å². The molecular formula is C17H25NO3. The Labute approximate surface area is 127 Å². The van der Waals surface area contributed by atoms with Crippen LogP contribution in [0.4, 0.5) is 0 Å². The first-order valence-electron chi connectivity index (χ1n) is 7.60. The largest absolute Gasteiger partial charge is 0.494 e. The third-order valence-electron chi connectivity index (χ3n) is 3.08. The molecule has 1 aromatic carbocycles. The van der Waals surface area contributed by atoms with Gasteiger partial charge < -0.3 is 4.74 Å². The summed E-state index contributed by atoms with van der Waals surface area (Å²) in [5.41, 5.74) is 1.09. The molecule has 21 heavy (non-hydrogen) atoms. The topological polar surface area (TPSA) is 52.4 Å². The highest BCUT2D eigenvalue weighted by molar-refractivity contribution is 5.52. The van der Waals surface area contributed by atoms with Crippen molar-refractivity contribution in [2.24, 2.45) is 5.92 Å². The molecule has 0 saturated carbocycles. The van der Waals surface area contributed by atoms with Crippen LogP contribution in [0.3, 0.4) is 0 Å². The fourth-order valence-corrected chi connectivity index (χ4v) is 2.00. The quantitative estimate of drug-likeness (QED) is 0.368. The van der Waals surface area contributed by atoms with E-state index in [4.69, 9.17) is 4.74 Å². The van der Waals surface area contributed by atoms with Gasteiger partial charge in [-0.2, -0.15) is 0 Å². The van der Waals surface area contributed by atoms with Crippen LogP contribution in [0, 0.1) is 16.0 Å². The van der Waals surface area contributed by atoms with Gasteiger partial charge in [0.2, 0.25) is 5.70 Å². The summed E-state index contributed by atoms with van der Waals surface area (Å²) >= 11 is 0. The van der Waals surface area contributed by atoms with E-state index < -0.39 is 0 Å². The van der Waals surface area contributed by atoms with Crippen LogP contribution in [0.25, 0.3) is 6.08 Å². The van der Waals surface area contributed by atoms with E-state index in [-0.39, 0.29) is 16.5 Å². The Morgan fingerprint density at radius 3 is 2.48 bits per heavy atom. The number of benzene rings is 1. The summed E-state index contributed by atoms with van der Waals surface area (Å²) < 4.78 is 5.63. The van der Waals surface area contributed by atoms with Crippen LogP contribution in [0.1, 0.15) is 52.0 Å². The average molecular weight is 291 g/mol. The lowest BCUT2D eigenvalue weighted by Gasteiger charge is -2.06. The third-order valence-corrected chi connectivity index (χ3v) is 3.08. The van der Waals surface area contributed by atoms with Crippen LogP contribution in [0.2, 0.25) is 0 Å². The molecule has 0 heterocycles. The summed E-state index contributed by atoms with van der Waals surface area (Å²) in [7, 11) is 0. The highest BCUT2D eigenvalue weighted by Gasteiger charge is 2.12. The van der Waals surface area contributed by atoms with Crippen molar-refractivity contribution in [2.45, 2.75) is 46.5 Å². The Bertz CT molecular complexity index is 463. The van der Waals surface area contributed by atoms with E-state index in [1.807, 2.05) is 38.1 Å². The Morgan fingerprint density at radius 1 is 1.29 bits per heavy atom. The molecule has 0 aliphatic heterocycles. The van der Waals surface area contributed by atoms with Crippen molar-refractivity contribution in [3.05, 3.63) is 45.6 Å². The Hall–Kier alpha value is -1.84. The van der Waals surface area contributed by atoms with Crippen LogP contribution in [-0.2, 0) is 0 Å². The molecule has 0 unspecified atom stereocenters. The van der Waals surface area contributed by atoms with Crippen molar-refractivity contribution in [1.82, 2.24) is 0 Å². The van der Waals surface area contributed by atoms with Crippen molar-refractivity contribution in [1.29, 1.82) is 0 Å². The highest BCUT2D eigenvalue weighted by atomic mass is 16.6. The van der Waals surface area contributed by atoms with Crippen LogP contribution in [0.15, 0.2) is 30.0 Å². The van der Waals surface area contributed by atoms with Gasteiger partial charge >= 0.3 is 0 Å². The maximum atomic E-state index is 11.0. The lowest BCUT2D eigenvalue weighted by atomic mass is 10.1. The normalized spacial score (nSPS) is 11.7. The van der Waals surface area contributed by atoms with E-state index in [1.165, 1.54) is 12.8 Å². The summed E-state index contributed by atoms with van der Waals surface area (Å²) in [6.07, 6.45) is 5.51. The summed E-state index contributed by atoms with van der Waals surface area (Å²) in [5, 5.41) is 11.0. The number of hydrogen-bond donors (Lipinski definition) is 0. The number of allylic oxidation sites excluding steroid dienone is 1. The van der Waals surface area contributed by atoms with E-state index >= 15 is 0 Å². The summed E-state index contributed by atoms with van der Waals surface area (Å²) in [4.78, 5) is 10.7. The lowest BCUT2D eigenvalue weighted by molar-refractivity contribution is -0.427. The first-order valence-corrected chi connectivity index (χ1v) is 7.60. The van der Waals surface area contributed by atoms with Gasteiger partial charge in [0.15, 0.2) is 0 Å². The van der Waals surface area contributed by atoms with Crippen molar-refractivity contribution < 1.29 is 9.66 Å². The minimum absolute atomic E-state index is 0.251. The van der Waals surface area contributed by atoms with Gasteiger partial charge in [-0.3, -0.25) is 10.1 Å². The number of nitrogens with zero attached hydrogens (tertiary/aromatic N) is 1. The molecule has 0 bridgehead atoms. The highest BCUT2D eigenvalue weighted by Crippen LogP contribution is 2.18. The Balaban J connectivity index is 2.65. The molecule has 0 saturated heterocycles.